The maximum atomic E-state index is 10.3. The van der Waals surface area contributed by atoms with Crippen molar-refractivity contribution in [1.82, 2.24) is 0 Å². The van der Waals surface area contributed by atoms with Gasteiger partial charge >= 0.3 is 0 Å². The average molecular weight is 292 g/mol. The second-order valence-electron chi connectivity index (χ2n) is 5.56. The lowest BCUT2D eigenvalue weighted by molar-refractivity contribution is 0.229. The first-order chi connectivity index (χ1) is 10.7. The number of benzene rings is 2. The summed E-state index contributed by atoms with van der Waals surface area (Å²) in [6, 6.07) is 18.1. The molecule has 0 spiro atoms. The summed E-state index contributed by atoms with van der Waals surface area (Å²) in [6.45, 7) is 4.31. The van der Waals surface area contributed by atoms with Crippen LogP contribution in [0.4, 0.5) is 0 Å². The topological polar surface area (TPSA) is 20.2 Å². The summed E-state index contributed by atoms with van der Waals surface area (Å²) in [6.07, 6.45) is 4.43. The molecule has 0 aliphatic heterocycles. The van der Waals surface area contributed by atoms with Gasteiger partial charge in [-0.05, 0) is 42.5 Å². The molecule has 0 aliphatic rings. The van der Waals surface area contributed by atoms with E-state index in [0.717, 1.165) is 24.8 Å². The zero-order valence-electron chi connectivity index (χ0n) is 13.4. The largest absolute Gasteiger partial charge is 0.384 e. The minimum atomic E-state index is -0.609. The van der Waals surface area contributed by atoms with Gasteiger partial charge in [0.05, 0.1) is 0 Å². The molecule has 0 radical (unpaired) electrons. The van der Waals surface area contributed by atoms with Crippen LogP contribution in [0, 0.1) is 6.92 Å². The van der Waals surface area contributed by atoms with Crippen LogP contribution in [0.1, 0.15) is 49.0 Å². The van der Waals surface area contributed by atoms with Gasteiger partial charge in [0, 0.05) is 5.57 Å². The van der Waals surface area contributed by atoms with Crippen molar-refractivity contribution in [2.75, 3.05) is 0 Å². The first-order valence-corrected chi connectivity index (χ1v) is 7.97. The smallest absolute Gasteiger partial charge is 0.104 e. The van der Waals surface area contributed by atoms with Crippen molar-refractivity contribution < 1.29 is 5.11 Å². The van der Waals surface area contributed by atoms with E-state index in [4.69, 9.17) is 0 Å². The van der Waals surface area contributed by atoms with E-state index in [1.165, 1.54) is 16.7 Å². The van der Waals surface area contributed by atoms with Gasteiger partial charge < -0.3 is 5.11 Å². The quantitative estimate of drug-likeness (QED) is 0.701. The van der Waals surface area contributed by atoms with Crippen LogP contribution in [0.5, 0.6) is 0 Å². The molecule has 1 atom stereocenters. The molecule has 2 aromatic rings. The molecule has 2 aromatic carbocycles. The zero-order valence-corrected chi connectivity index (χ0v) is 13.4. The molecule has 22 heavy (non-hydrogen) atoms. The first kappa shape index (κ1) is 16.3. The highest BCUT2D eigenvalue weighted by molar-refractivity contribution is 5.67. The summed E-state index contributed by atoms with van der Waals surface area (Å²) in [5.74, 6) is 0. The van der Waals surface area contributed by atoms with Gasteiger partial charge in [0.15, 0.2) is 0 Å². The highest BCUT2D eigenvalue weighted by atomic mass is 16.3. The Labute approximate surface area is 133 Å². The molecule has 0 unspecified atom stereocenters. The van der Waals surface area contributed by atoms with Gasteiger partial charge in [-0.15, -0.1) is 5.73 Å². The SMILES string of the molecule is CCCCC(=C=C[C@H](O)c1ccccc1)c1ccccc1C. The van der Waals surface area contributed by atoms with Crippen LogP contribution in [0.25, 0.3) is 5.57 Å². The number of unbranched alkanes of at least 4 members (excludes halogenated alkanes) is 1. The van der Waals surface area contributed by atoms with Crippen molar-refractivity contribution in [3.05, 3.63) is 83.1 Å². The third-order valence-corrected chi connectivity index (χ3v) is 3.81. The summed E-state index contributed by atoms with van der Waals surface area (Å²) in [5, 5.41) is 10.3. The molecule has 1 N–H and O–H groups in total. The van der Waals surface area contributed by atoms with E-state index in [-0.39, 0.29) is 0 Å². The molecular weight excluding hydrogens is 268 g/mol. The molecule has 0 saturated heterocycles. The molecule has 0 aromatic heterocycles. The molecule has 0 heterocycles. The predicted molar refractivity (Wildman–Crippen MR) is 93.6 cm³/mol. The van der Waals surface area contributed by atoms with Gasteiger partial charge in [-0.2, -0.15) is 0 Å². The van der Waals surface area contributed by atoms with Crippen molar-refractivity contribution in [3.8, 4) is 0 Å². The van der Waals surface area contributed by atoms with Gasteiger partial charge in [-0.25, -0.2) is 0 Å². The van der Waals surface area contributed by atoms with Crippen LogP contribution in [0.2, 0.25) is 0 Å². The zero-order chi connectivity index (χ0) is 15.8. The van der Waals surface area contributed by atoms with E-state index in [2.05, 4.69) is 43.8 Å². The summed E-state index contributed by atoms with van der Waals surface area (Å²) in [5.41, 5.74) is 7.91. The first-order valence-electron chi connectivity index (χ1n) is 7.97. The Morgan fingerprint density at radius 1 is 1.09 bits per heavy atom. The van der Waals surface area contributed by atoms with E-state index in [1.807, 2.05) is 30.3 Å². The second kappa shape index (κ2) is 8.38. The lowest BCUT2D eigenvalue weighted by Gasteiger charge is -2.09. The highest BCUT2D eigenvalue weighted by Gasteiger charge is 2.05. The van der Waals surface area contributed by atoms with E-state index < -0.39 is 6.10 Å². The fourth-order valence-corrected chi connectivity index (χ4v) is 2.48. The number of aryl methyl sites for hydroxylation is 1. The van der Waals surface area contributed by atoms with E-state index in [1.54, 1.807) is 6.08 Å². The number of aliphatic hydroxyl groups is 1. The van der Waals surface area contributed by atoms with Crippen LogP contribution < -0.4 is 0 Å². The van der Waals surface area contributed by atoms with Gasteiger partial charge in [-0.3, -0.25) is 0 Å². The van der Waals surface area contributed by atoms with Gasteiger partial charge in [0.2, 0.25) is 0 Å². The molecule has 1 nitrogen and oxygen atoms in total. The Morgan fingerprint density at radius 3 is 2.45 bits per heavy atom. The van der Waals surface area contributed by atoms with Gasteiger partial charge in [0.1, 0.15) is 6.10 Å². The molecule has 0 fully saturated rings. The molecule has 0 saturated carbocycles. The Bertz CT molecular complexity index is 649. The van der Waals surface area contributed by atoms with Crippen LogP contribution >= 0.6 is 0 Å². The normalized spacial score (nSPS) is 11.6. The number of rotatable bonds is 6. The number of aliphatic hydroxyl groups excluding tert-OH is 1. The lowest BCUT2D eigenvalue weighted by Crippen LogP contribution is -1.92. The molecule has 114 valence electrons. The van der Waals surface area contributed by atoms with Crippen molar-refractivity contribution in [2.45, 2.75) is 39.2 Å². The Hall–Kier alpha value is -2.08. The number of hydrogen-bond acceptors (Lipinski definition) is 1. The third kappa shape index (κ3) is 4.46. The van der Waals surface area contributed by atoms with Crippen LogP contribution in [0.3, 0.4) is 0 Å². The second-order valence-corrected chi connectivity index (χ2v) is 5.56. The average Bonchev–Trinajstić information content (AvgIpc) is 2.56. The Kier molecular flexibility index (Phi) is 6.21. The predicted octanol–water partition coefficient (Wildman–Crippen LogP) is 5.46. The molecule has 1 heteroatoms. The highest BCUT2D eigenvalue weighted by Crippen LogP contribution is 2.23. The van der Waals surface area contributed by atoms with E-state index in [0.29, 0.717) is 0 Å². The minimum absolute atomic E-state index is 0.609. The maximum absolute atomic E-state index is 10.3. The van der Waals surface area contributed by atoms with Crippen LogP contribution in [0.15, 0.2) is 66.4 Å². The summed E-state index contributed by atoms with van der Waals surface area (Å²) >= 11 is 0. The van der Waals surface area contributed by atoms with Crippen molar-refractivity contribution in [3.63, 3.8) is 0 Å². The lowest BCUT2D eigenvalue weighted by atomic mass is 9.96. The number of hydrogen-bond donors (Lipinski definition) is 1. The molecule has 0 aliphatic carbocycles. The molecule has 0 bridgehead atoms. The van der Waals surface area contributed by atoms with Crippen molar-refractivity contribution in [2.24, 2.45) is 0 Å². The van der Waals surface area contributed by atoms with Crippen molar-refractivity contribution in [1.29, 1.82) is 0 Å². The molecule has 2 rings (SSSR count). The fourth-order valence-electron chi connectivity index (χ4n) is 2.48. The molecular formula is C21H24O. The third-order valence-electron chi connectivity index (χ3n) is 3.81. The van der Waals surface area contributed by atoms with Gasteiger partial charge in [-0.1, -0.05) is 67.9 Å². The Morgan fingerprint density at radius 2 is 1.77 bits per heavy atom. The van der Waals surface area contributed by atoms with E-state index in [9.17, 15) is 5.11 Å². The summed E-state index contributed by atoms with van der Waals surface area (Å²) in [7, 11) is 0. The molecule has 0 amide bonds. The minimum Gasteiger partial charge on any atom is -0.384 e. The Balaban J connectivity index is 2.32. The van der Waals surface area contributed by atoms with E-state index >= 15 is 0 Å². The maximum Gasteiger partial charge on any atom is 0.104 e. The standard InChI is InChI=1S/C21H24O/c1-3-4-11-18(20-14-9-8-10-17(20)2)15-16-21(22)19-12-6-5-7-13-19/h5-10,12-14,16,21-22H,3-4,11H2,1-2H3/t15?,21-/m0/s1. The summed E-state index contributed by atoms with van der Waals surface area (Å²) < 4.78 is 0. The fraction of sp³-hybridized carbons (Fsp3) is 0.286. The van der Waals surface area contributed by atoms with Crippen LogP contribution in [-0.2, 0) is 0 Å². The van der Waals surface area contributed by atoms with Crippen molar-refractivity contribution >= 4 is 5.57 Å². The van der Waals surface area contributed by atoms with Gasteiger partial charge in [0.25, 0.3) is 0 Å². The summed E-state index contributed by atoms with van der Waals surface area (Å²) in [4.78, 5) is 0. The monoisotopic (exact) mass is 292 g/mol. The van der Waals surface area contributed by atoms with Crippen LogP contribution in [-0.4, -0.2) is 5.11 Å².